The number of methoxy groups -OCH3 is 1. The van der Waals surface area contributed by atoms with Crippen molar-refractivity contribution in [3.8, 4) is 0 Å². The number of ether oxygens (including phenoxy) is 1. The smallest absolute Gasteiger partial charge is 0.0474 e. The van der Waals surface area contributed by atoms with E-state index in [2.05, 4.69) is 5.32 Å². The molecule has 3 N–H and O–H groups in total. The van der Waals surface area contributed by atoms with E-state index in [-0.39, 0.29) is 5.54 Å². The Morgan fingerprint density at radius 2 is 2.00 bits per heavy atom. The van der Waals surface area contributed by atoms with Gasteiger partial charge in [0.25, 0.3) is 0 Å². The summed E-state index contributed by atoms with van der Waals surface area (Å²) in [6.07, 6.45) is 2.08. The minimum Gasteiger partial charge on any atom is -0.385 e. The molecule has 0 aromatic heterocycles. The second-order valence-corrected chi connectivity index (χ2v) is 3.83. The van der Waals surface area contributed by atoms with Crippen LogP contribution < -0.4 is 11.1 Å². The van der Waals surface area contributed by atoms with E-state index in [0.29, 0.717) is 0 Å². The van der Waals surface area contributed by atoms with Crippen LogP contribution in [0.5, 0.6) is 0 Å². The Morgan fingerprint density at radius 3 is 2.50 bits per heavy atom. The second-order valence-electron chi connectivity index (χ2n) is 3.83. The maximum atomic E-state index is 5.81. The molecule has 0 unspecified atom stereocenters. The molecule has 74 valence electrons. The molecule has 0 bridgehead atoms. The number of hydrogen-bond acceptors (Lipinski definition) is 3. The number of rotatable bonds is 7. The molecule has 0 aliphatic heterocycles. The van der Waals surface area contributed by atoms with Crippen molar-refractivity contribution in [3.05, 3.63) is 0 Å². The van der Waals surface area contributed by atoms with Gasteiger partial charge < -0.3 is 15.8 Å². The van der Waals surface area contributed by atoms with Crippen molar-refractivity contribution in [2.75, 3.05) is 26.8 Å². The van der Waals surface area contributed by atoms with Crippen molar-refractivity contribution in [2.24, 2.45) is 5.73 Å². The Labute approximate surface area is 75.7 Å². The SMILES string of the molecule is COCCCNCCC(C)(C)N. The third-order valence-corrected chi connectivity index (χ3v) is 1.65. The number of nitrogens with two attached hydrogens (primary N) is 1. The lowest BCUT2D eigenvalue weighted by Gasteiger charge is -2.18. The summed E-state index contributed by atoms with van der Waals surface area (Å²) in [4.78, 5) is 0. The quantitative estimate of drug-likeness (QED) is 0.560. The minimum atomic E-state index is -0.0474. The summed E-state index contributed by atoms with van der Waals surface area (Å²) in [5.74, 6) is 0. The highest BCUT2D eigenvalue weighted by molar-refractivity contribution is 4.72. The topological polar surface area (TPSA) is 47.3 Å². The molecule has 0 radical (unpaired) electrons. The third kappa shape index (κ3) is 9.88. The molecule has 3 nitrogen and oxygen atoms in total. The van der Waals surface area contributed by atoms with Gasteiger partial charge in [-0.2, -0.15) is 0 Å². The van der Waals surface area contributed by atoms with Gasteiger partial charge in [0.05, 0.1) is 0 Å². The molecular weight excluding hydrogens is 152 g/mol. The first-order valence-corrected chi connectivity index (χ1v) is 4.55. The molecule has 0 atom stereocenters. The monoisotopic (exact) mass is 174 g/mol. The zero-order chi connectivity index (χ0) is 9.45. The van der Waals surface area contributed by atoms with Crippen molar-refractivity contribution in [2.45, 2.75) is 32.2 Å². The Kier molecular flexibility index (Phi) is 6.34. The zero-order valence-electron chi connectivity index (χ0n) is 8.52. The Morgan fingerprint density at radius 1 is 1.33 bits per heavy atom. The van der Waals surface area contributed by atoms with Gasteiger partial charge in [0.15, 0.2) is 0 Å². The average Bonchev–Trinajstić information content (AvgIpc) is 1.94. The second kappa shape index (κ2) is 6.40. The molecule has 0 rings (SSSR count). The van der Waals surface area contributed by atoms with Gasteiger partial charge in [0.1, 0.15) is 0 Å². The Bertz CT molecular complexity index is 99.2. The van der Waals surface area contributed by atoms with Crippen molar-refractivity contribution in [1.82, 2.24) is 5.32 Å². The van der Waals surface area contributed by atoms with Gasteiger partial charge in [-0.05, 0) is 39.8 Å². The van der Waals surface area contributed by atoms with E-state index in [1.165, 1.54) is 0 Å². The maximum absolute atomic E-state index is 5.81. The first-order chi connectivity index (χ1) is 5.56. The van der Waals surface area contributed by atoms with Gasteiger partial charge >= 0.3 is 0 Å². The van der Waals surface area contributed by atoms with E-state index in [1.807, 2.05) is 13.8 Å². The summed E-state index contributed by atoms with van der Waals surface area (Å²) in [5, 5.41) is 3.32. The van der Waals surface area contributed by atoms with E-state index in [1.54, 1.807) is 7.11 Å². The number of hydrogen-bond donors (Lipinski definition) is 2. The van der Waals surface area contributed by atoms with Crippen molar-refractivity contribution >= 4 is 0 Å². The number of nitrogens with one attached hydrogen (secondary N) is 1. The van der Waals surface area contributed by atoms with E-state index in [4.69, 9.17) is 10.5 Å². The zero-order valence-corrected chi connectivity index (χ0v) is 8.52. The Hall–Kier alpha value is -0.120. The van der Waals surface area contributed by atoms with Crippen LogP contribution in [0, 0.1) is 0 Å². The molecule has 0 heterocycles. The highest BCUT2D eigenvalue weighted by Gasteiger charge is 2.08. The van der Waals surface area contributed by atoms with Crippen LogP contribution in [0.4, 0.5) is 0 Å². The fourth-order valence-corrected chi connectivity index (χ4v) is 0.877. The largest absolute Gasteiger partial charge is 0.385 e. The van der Waals surface area contributed by atoms with Crippen LogP contribution in [0.3, 0.4) is 0 Å². The van der Waals surface area contributed by atoms with Crippen LogP contribution in [0.25, 0.3) is 0 Å². The lowest BCUT2D eigenvalue weighted by atomic mass is 10.0. The van der Waals surface area contributed by atoms with Gasteiger partial charge in [0, 0.05) is 19.3 Å². The molecule has 0 aliphatic rings. The van der Waals surface area contributed by atoms with E-state index < -0.39 is 0 Å². The van der Waals surface area contributed by atoms with E-state index >= 15 is 0 Å². The molecule has 0 aliphatic carbocycles. The first kappa shape index (κ1) is 11.9. The van der Waals surface area contributed by atoms with E-state index in [0.717, 1.165) is 32.5 Å². The normalized spacial score (nSPS) is 12.0. The minimum absolute atomic E-state index is 0.0474. The molecule has 0 fully saturated rings. The van der Waals surface area contributed by atoms with Gasteiger partial charge in [-0.15, -0.1) is 0 Å². The van der Waals surface area contributed by atoms with Crippen molar-refractivity contribution in [1.29, 1.82) is 0 Å². The van der Waals surface area contributed by atoms with Crippen LogP contribution in [0.1, 0.15) is 26.7 Å². The fourth-order valence-electron chi connectivity index (χ4n) is 0.877. The molecular formula is C9H22N2O. The first-order valence-electron chi connectivity index (χ1n) is 4.55. The third-order valence-electron chi connectivity index (χ3n) is 1.65. The van der Waals surface area contributed by atoms with Crippen LogP contribution in [0.15, 0.2) is 0 Å². The molecule has 0 amide bonds. The van der Waals surface area contributed by atoms with E-state index in [9.17, 15) is 0 Å². The molecule has 0 saturated heterocycles. The molecule has 3 heteroatoms. The predicted molar refractivity (Wildman–Crippen MR) is 52.2 cm³/mol. The Balaban J connectivity index is 3.01. The summed E-state index contributed by atoms with van der Waals surface area (Å²) in [6, 6.07) is 0. The summed E-state index contributed by atoms with van der Waals surface area (Å²) in [5.41, 5.74) is 5.76. The highest BCUT2D eigenvalue weighted by atomic mass is 16.5. The summed E-state index contributed by atoms with van der Waals surface area (Å²) < 4.78 is 4.92. The molecule has 0 aromatic carbocycles. The van der Waals surface area contributed by atoms with Crippen LogP contribution >= 0.6 is 0 Å². The molecule has 0 aromatic rings. The van der Waals surface area contributed by atoms with Gasteiger partial charge in [-0.25, -0.2) is 0 Å². The lowest BCUT2D eigenvalue weighted by Crippen LogP contribution is -2.36. The maximum Gasteiger partial charge on any atom is 0.0474 e. The summed E-state index contributed by atoms with van der Waals surface area (Å²) in [6.45, 7) is 6.93. The summed E-state index contributed by atoms with van der Waals surface area (Å²) >= 11 is 0. The molecule has 12 heavy (non-hydrogen) atoms. The molecule has 0 spiro atoms. The standard InChI is InChI=1S/C9H22N2O/c1-9(2,10)5-7-11-6-4-8-12-3/h11H,4-8,10H2,1-3H3. The van der Waals surface area contributed by atoms with Gasteiger partial charge in [0.2, 0.25) is 0 Å². The van der Waals surface area contributed by atoms with Crippen molar-refractivity contribution < 1.29 is 4.74 Å². The summed E-state index contributed by atoms with van der Waals surface area (Å²) in [7, 11) is 1.73. The van der Waals surface area contributed by atoms with Gasteiger partial charge in [-0.1, -0.05) is 0 Å². The fraction of sp³-hybridized carbons (Fsp3) is 1.00. The highest BCUT2D eigenvalue weighted by Crippen LogP contribution is 2.00. The van der Waals surface area contributed by atoms with Gasteiger partial charge in [-0.3, -0.25) is 0 Å². The van der Waals surface area contributed by atoms with Crippen LogP contribution in [0.2, 0.25) is 0 Å². The average molecular weight is 174 g/mol. The molecule has 0 saturated carbocycles. The lowest BCUT2D eigenvalue weighted by molar-refractivity contribution is 0.194. The van der Waals surface area contributed by atoms with Crippen molar-refractivity contribution in [3.63, 3.8) is 0 Å². The van der Waals surface area contributed by atoms with Crippen LogP contribution in [-0.2, 0) is 4.74 Å². The predicted octanol–water partition coefficient (Wildman–Crippen LogP) is 0.740. The van der Waals surface area contributed by atoms with Crippen LogP contribution in [-0.4, -0.2) is 32.3 Å².